The number of aromatic nitrogens is 1. The van der Waals surface area contributed by atoms with Gasteiger partial charge in [0.2, 0.25) is 5.91 Å². The van der Waals surface area contributed by atoms with Crippen LogP contribution in [-0.4, -0.2) is 40.5 Å². The molecule has 2 aromatic rings. The van der Waals surface area contributed by atoms with Gasteiger partial charge in [0.05, 0.1) is 41.4 Å². The van der Waals surface area contributed by atoms with E-state index in [2.05, 4.69) is 10.1 Å². The zero-order valence-electron chi connectivity index (χ0n) is 15.1. The summed E-state index contributed by atoms with van der Waals surface area (Å²) in [6, 6.07) is 4.20. The van der Waals surface area contributed by atoms with Crippen LogP contribution in [0.3, 0.4) is 0 Å². The molecule has 0 unspecified atom stereocenters. The number of pyridine rings is 1. The van der Waals surface area contributed by atoms with Crippen molar-refractivity contribution in [3.05, 3.63) is 66.6 Å². The van der Waals surface area contributed by atoms with Gasteiger partial charge in [-0.15, -0.1) is 0 Å². The summed E-state index contributed by atoms with van der Waals surface area (Å²) in [4.78, 5) is 56.4. The number of hydrogen-bond acceptors (Lipinski definition) is 9. The molecule has 0 radical (unpaired) electrons. The van der Waals surface area contributed by atoms with E-state index in [1.54, 1.807) is 0 Å². The van der Waals surface area contributed by atoms with Crippen LogP contribution in [0.15, 0.2) is 35.3 Å². The molecule has 0 atom stereocenters. The first-order chi connectivity index (χ1) is 13.7. The van der Waals surface area contributed by atoms with Gasteiger partial charge in [0, 0.05) is 18.3 Å². The normalized spacial score (nSPS) is 10.1. The van der Waals surface area contributed by atoms with E-state index in [1.807, 2.05) is 0 Å². The molecule has 1 N–H and O–H groups in total. The third-order valence-electron chi connectivity index (χ3n) is 3.67. The maximum atomic E-state index is 12.3. The van der Waals surface area contributed by atoms with E-state index in [0.717, 1.165) is 31.5 Å². The summed E-state index contributed by atoms with van der Waals surface area (Å²) in [5.74, 6) is -1.73. The maximum absolute atomic E-state index is 12.3. The first-order valence-electron chi connectivity index (χ1n) is 7.77. The lowest BCUT2D eigenvalue weighted by molar-refractivity contribution is -0.386. The molecular formula is C16H14N4O9. The number of carbonyl (C=O) groups excluding carboxylic acids is 2. The number of nitrogens with one attached hydrogen (secondary N) is 1. The van der Waals surface area contributed by atoms with Crippen molar-refractivity contribution in [3.63, 3.8) is 0 Å². The zero-order valence-corrected chi connectivity index (χ0v) is 15.1. The summed E-state index contributed by atoms with van der Waals surface area (Å²) in [6.07, 6.45) is 0.952. The molecule has 0 spiro atoms. The number of amides is 1. The Morgan fingerprint density at radius 3 is 2.38 bits per heavy atom. The van der Waals surface area contributed by atoms with Crippen LogP contribution in [0.1, 0.15) is 10.4 Å². The van der Waals surface area contributed by atoms with Gasteiger partial charge in [-0.05, 0) is 6.07 Å². The molecule has 13 nitrogen and oxygen atoms in total. The van der Waals surface area contributed by atoms with Crippen LogP contribution in [0.4, 0.5) is 17.1 Å². The standard InChI is InChI=1S/C16H14N4O9/c1-28-13-6-10(19(24)25)3-4-11(13)17-14(21)8-18-7-9(16(23)29-2)5-12(15(18)22)20(26)27/h3-7H,8H2,1-2H3,(H,17,21). The number of methoxy groups -OCH3 is 2. The molecule has 1 aromatic heterocycles. The fraction of sp³-hybridized carbons (Fsp3) is 0.188. The number of nitrogens with zero attached hydrogens (tertiary/aromatic N) is 3. The Hall–Kier alpha value is -4.29. The Morgan fingerprint density at radius 1 is 1.14 bits per heavy atom. The predicted molar refractivity (Wildman–Crippen MR) is 97.0 cm³/mol. The molecule has 1 heterocycles. The van der Waals surface area contributed by atoms with Gasteiger partial charge in [-0.1, -0.05) is 0 Å². The molecule has 2 rings (SSSR count). The van der Waals surface area contributed by atoms with Gasteiger partial charge >= 0.3 is 17.2 Å². The SMILES string of the molecule is COC(=O)c1cc([N+](=O)[O-])c(=O)n(CC(=O)Nc2ccc([N+](=O)[O-])cc2OC)c1. The number of esters is 1. The van der Waals surface area contributed by atoms with Crippen molar-refractivity contribution in [3.8, 4) is 5.75 Å². The summed E-state index contributed by atoms with van der Waals surface area (Å²) in [7, 11) is 2.29. The van der Waals surface area contributed by atoms with Gasteiger partial charge < -0.3 is 14.8 Å². The van der Waals surface area contributed by atoms with E-state index in [1.165, 1.54) is 13.2 Å². The lowest BCUT2D eigenvalue weighted by atomic mass is 10.2. The largest absolute Gasteiger partial charge is 0.494 e. The molecule has 0 fully saturated rings. The second-order valence-corrected chi connectivity index (χ2v) is 5.49. The van der Waals surface area contributed by atoms with Gasteiger partial charge in [-0.25, -0.2) is 4.79 Å². The Labute approximate surface area is 161 Å². The second kappa shape index (κ2) is 8.60. The van der Waals surface area contributed by atoms with Gasteiger partial charge in [-0.2, -0.15) is 0 Å². The summed E-state index contributed by atoms with van der Waals surface area (Å²) < 4.78 is 10.1. The Kier molecular flexibility index (Phi) is 6.23. The van der Waals surface area contributed by atoms with Crippen LogP contribution in [0, 0.1) is 20.2 Å². The second-order valence-electron chi connectivity index (χ2n) is 5.49. The van der Waals surface area contributed by atoms with Crippen molar-refractivity contribution in [2.75, 3.05) is 19.5 Å². The van der Waals surface area contributed by atoms with Crippen LogP contribution in [0.5, 0.6) is 5.75 Å². The van der Waals surface area contributed by atoms with Gasteiger partial charge in [-0.3, -0.25) is 34.4 Å². The fourth-order valence-electron chi connectivity index (χ4n) is 2.34. The topological polar surface area (TPSA) is 173 Å². The summed E-state index contributed by atoms with van der Waals surface area (Å²) in [5, 5.41) is 24.2. The van der Waals surface area contributed by atoms with Crippen molar-refractivity contribution in [2.45, 2.75) is 6.54 Å². The molecule has 0 aliphatic carbocycles. The quantitative estimate of drug-likeness (QED) is 0.401. The van der Waals surface area contributed by atoms with E-state index in [-0.39, 0.29) is 22.7 Å². The minimum atomic E-state index is -1.10. The van der Waals surface area contributed by atoms with Gasteiger partial charge in [0.1, 0.15) is 12.3 Å². The van der Waals surface area contributed by atoms with Crippen LogP contribution in [0.2, 0.25) is 0 Å². The van der Waals surface area contributed by atoms with Crippen molar-refractivity contribution in [1.29, 1.82) is 0 Å². The van der Waals surface area contributed by atoms with Crippen molar-refractivity contribution >= 4 is 28.9 Å². The lowest BCUT2D eigenvalue weighted by Crippen LogP contribution is -2.29. The molecular weight excluding hydrogens is 392 g/mol. The average Bonchev–Trinajstić information content (AvgIpc) is 2.68. The Bertz CT molecular complexity index is 1060. The van der Waals surface area contributed by atoms with Crippen LogP contribution >= 0.6 is 0 Å². The Morgan fingerprint density at radius 2 is 1.83 bits per heavy atom. The number of ether oxygens (including phenoxy) is 2. The smallest absolute Gasteiger partial charge is 0.339 e. The molecule has 0 saturated heterocycles. The van der Waals surface area contributed by atoms with Crippen LogP contribution in [-0.2, 0) is 16.1 Å². The number of non-ortho nitro benzene ring substituents is 1. The molecule has 0 aliphatic heterocycles. The molecule has 0 aliphatic rings. The molecule has 13 heteroatoms. The minimum Gasteiger partial charge on any atom is -0.494 e. The third-order valence-corrected chi connectivity index (χ3v) is 3.67. The van der Waals surface area contributed by atoms with E-state index in [4.69, 9.17) is 4.74 Å². The lowest BCUT2D eigenvalue weighted by Gasteiger charge is -2.11. The highest BCUT2D eigenvalue weighted by molar-refractivity contribution is 5.93. The minimum absolute atomic E-state index is 0.00538. The Balaban J connectivity index is 2.34. The first-order valence-corrected chi connectivity index (χ1v) is 7.77. The van der Waals surface area contributed by atoms with Crippen LogP contribution < -0.4 is 15.6 Å². The van der Waals surface area contributed by atoms with Crippen molar-refractivity contribution in [1.82, 2.24) is 4.57 Å². The van der Waals surface area contributed by atoms with Gasteiger partial charge in [0.15, 0.2) is 0 Å². The molecule has 0 bridgehead atoms. The molecule has 0 saturated carbocycles. The highest BCUT2D eigenvalue weighted by Crippen LogP contribution is 2.28. The number of rotatable bonds is 7. The highest BCUT2D eigenvalue weighted by atomic mass is 16.6. The summed E-state index contributed by atoms with van der Waals surface area (Å²) in [6.45, 7) is -0.676. The zero-order chi connectivity index (χ0) is 21.7. The van der Waals surface area contributed by atoms with Crippen molar-refractivity contribution in [2.24, 2.45) is 0 Å². The molecule has 1 amide bonds. The number of anilines is 1. The number of hydrogen-bond donors (Lipinski definition) is 1. The molecule has 1 aromatic carbocycles. The number of nitro benzene ring substituents is 1. The summed E-state index contributed by atoms with van der Waals surface area (Å²) in [5.41, 5.74) is -2.49. The van der Waals surface area contributed by atoms with E-state index >= 15 is 0 Å². The maximum Gasteiger partial charge on any atom is 0.339 e. The van der Waals surface area contributed by atoms with Gasteiger partial charge in [0.25, 0.3) is 5.69 Å². The third kappa shape index (κ3) is 4.71. The van der Waals surface area contributed by atoms with Crippen molar-refractivity contribution < 1.29 is 28.9 Å². The molecule has 152 valence electrons. The predicted octanol–water partition coefficient (Wildman–Crippen LogP) is 1.10. The highest BCUT2D eigenvalue weighted by Gasteiger charge is 2.22. The fourth-order valence-corrected chi connectivity index (χ4v) is 2.34. The first kappa shape index (κ1) is 21.0. The van der Waals surface area contributed by atoms with Crippen LogP contribution in [0.25, 0.3) is 0 Å². The number of benzene rings is 1. The number of carbonyl (C=O) groups is 2. The number of nitro groups is 2. The molecule has 29 heavy (non-hydrogen) atoms. The van der Waals surface area contributed by atoms with E-state index in [9.17, 15) is 34.6 Å². The average molecular weight is 406 g/mol. The summed E-state index contributed by atoms with van der Waals surface area (Å²) >= 11 is 0. The van der Waals surface area contributed by atoms with E-state index in [0.29, 0.717) is 4.57 Å². The van der Waals surface area contributed by atoms with E-state index < -0.39 is 39.5 Å². The monoisotopic (exact) mass is 406 g/mol.